The highest BCUT2D eigenvalue weighted by Gasteiger charge is 2.46. The summed E-state index contributed by atoms with van der Waals surface area (Å²) in [5, 5.41) is 27.1. The van der Waals surface area contributed by atoms with Gasteiger partial charge in [-0.2, -0.15) is 15.8 Å². The molecule has 1 rings (SSSR count). The monoisotopic (exact) mass is 258 g/mol. The molecule has 2 N–H and O–H groups in total. The summed E-state index contributed by atoms with van der Waals surface area (Å²) in [5.41, 5.74) is 5.46. The number of nitrogens with zero attached hydrogens (tertiary/aromatic N) is 3. The van der Waals surface area contributed by atoms with Crippen molar-refractivity contribution in [3.05, 3.63) is 22.6 Å². The second-order valence-electron chi connectivity index (χ2n) is 4.21. The predicted molar refractivity (Wildman–Crippen MR) is 65.4 cm³/mol. The molecular formula is C13H14N4O2. The first-order chi connectivity index (χ1) is 8.93. The molecule has 0 aromatic rings. The van der Waals surface area contributed by atoms with Crippen LogP contribution in [0, 0.1) is 34.0 Å². The molecule has 2 atom stereocenters. The minimum Gasteiger partial charge on any atom is -0.442 e. The average molecular weight is 258 g/mol. The fraction of sp³-hybridized carbons (Fsp3) is 0.462. The number of ether oxygens (including phenoxy) is 2. The third-order valence-electron chi connectivity index (χ3n) is 2.84. The Bertz CT molecular complexity index is 555. The Balaban J connectivity index is 3.40. The molecular weight excluding hydrogens is 244 g/mol. The Morgan fingerprint density at radius 2 is 2.00 bits per heavy atom. The van der Waals surface area contributed by atoms with Crippen LogP contribution < -0.4 is 5.73 Å². The van der Waals surface area contributed by atoms with Gasteiger partial charge in [0.1, 0.15) is 29.4 Å². The van der Waals surface area contributed by atoms with Crippen molar-refractivity contribution < 1.29 is 9.47 Å². The highest BCUT2D eigenvalue weighted by Crippen LogP contribution is 2.40. The molecule has 1 aliphatic heterocycles. The highest BCUT2D eigenvalue weighted by molar-refractivity contribution is 5.59. The van der Waals surface area contributed by atoms with E-state index in [2.05, 4.69) is 0 Å². The normalized spacial score (nSPS) is 23.1. The fourth-order valence-electron chi connectivity index (χ4n) is 1.81. The molecule has 0 unspecified atom stereocenters. The molecule has 0 aliphatic carbocycles. The second-order valence-corrected chi connectivity index (χ2v) is 4.21. The Morgan fingerprint density at radius 3 is 2.42 bits per heavy atom. The van der Waals surface area contributed by atoms with Crippen LogP contribution in [0.25, 0.3) is 0 Å². The fourth-order valence-corrected chi connectivity index (χ4v) is 1.81. The summed E-state index contributed by atoms with van der Waals surface area (Å²) in [4.78, 5) is 0. The van der Waals surface area contributed by atoms with E-state index in [9.17, 15) is 0 Å². The van der Waals surface area contributed by atoms with E-state index >= 15 is 0 Å². The summed E-state index contributed by atoms with van der Waals surface area (Å²) in [7, 11) is 0. The highest BCUT2D eigenvalue weighted by atomic mass is 16.7. The largest absolute Gasteiger partial charge is 0.442 e. The summed E-state index contributed by atoms with van der Waals surface area (Å²) < 4.78 is 11.1. The van der Waals surface area contributed by atoms with Crippen molar-refractivity contribution in [2.75, 3.05) is 0 Å². The minimum atomic E-state index is -1.38. The average Bonchev–Trinajstić information content (AvgIpc) is 2.62. The maximum atomic E-state index is 9.09. The summed E-state index contributed by atoms with van der Waals surface area (Å²) >= 11 is 0. The van der Waals surface area contributed by atoms with Gasteiger partial charge in [-0.1, -0.05) is 6.92 Å². The number of hydrogen-bond acceptors (Lipinski definition) is 6. The second kappa shape index (κ2) is 5.44. The maximum absolute atomic E-state index is 9.09. The number of hydrogen-bond donors (Lipinski definition) is 1. The lowest BCUT2D eigenvalue weighted by molar-refractivity contribution is -0.190. The lowest BCUT2D eigenvalue weighted by atomic mass is 9.96. The van der Waals surface area contributed by atoms with Gasteiger partial charge in [0, 0.05) is 6.92 Å². The maximum Gasteiger partial charge on any atom is 0.240 e. The van der Waals surface area contributed by atoms with E-state index in [1.807, 2.05) is 19.9 Å². The van der Waals surface area contributed by atoms with Crippen LogP contribution in [0.15, 0.2) is 22.6 Å². The summed E-state index contributed by atoms with van der Waals surface area (Å²) in [5.74, 6) is -1.52. The molecule has 6 heteroatoms. The van der Waals surface area contributed by atoms with Crippen LogP contribution in [0.4, 0.5) is 0 Å². The molecule has 0 aromatic heterocycles. The molecule has 1 heterocycles. The van der Waals surface area contributed by atoms with Gasteiger partial charge >= 0.3 is 0 Å². The van der Waals surface area contributed by atoms with Crippen molar-refractivity contribution >= 4 is 0 Å². The van der Waals surface area contributed by atoms with Crippen LogP contribution in [0.2, 0.25) is 0 Å². The molecule has 0 radical (unpaired) electrons. The van der Waals surface area contributed by atoms with Crippen molar-refractivity contribution in [3.8, 4) is 18.2 Å². The molecule has 6 nitrogen and oxygen atoms in total. The number of rotatable bonds is 3. The predicted octanol–water partition coefficient (Wildman–Crippen LogP) is 1.59. The van der Waals surface area contributed by atoms with Crippen LogP contribution in [0.3, 0.4) is 0 Å². The van der Waals surface area contributed by atoms with Gasteiger partial charge in [-0.3, -0.25) is 0 Å². The zero-order valence-electron chi connectivity index (χ0n) is 11.0. The molecule has 0 saturated carbocycles. The molecule has 0 fully saturated rings. The molecule has 1 aliphatic rings. The van der Waals surface area contributed by atoms with Gasteiger partial charge in [-0.25, -0.2) is 0 Å². The quantitative estimate of drug-likeness (QED) is 0.768. The van der Waals surface area contributed by atoms with Gasteiger partial charge in [-0.15, -0.1) is 0 Å². The minimum absolute atomic E-state index is 0.0242. The van der Waals surface area contributed by atoms with Gasteiger partial charge in [0.05, 0.1) is 11.7 Å². The van der Waals surface area contributed by atoms with Crippen molar-refractivity contribution in [3.63, 3.8) is 0 Å². The van der Waals surface area contributed by atoms with Crippen molar-refractivity contribution in [1.82, 2.24) is 0 Å². The first-order valence-electron chi connectivity index (χ1n) is 5.75. The molecule has 98 valence electrons. The van der Waals surface area contributed by atoms with Gasteiger partial charge < -0.3 is 15.2 Å². The van der Waals surface area contributed by atoms with Crippen LogP contribution in [-0.4, -0.2) is 11.9 Å². The third-order valence-corrected chi connectivity index (χ3v) is 2.84. The standard InChI is InChI=1S/C13H14N4O2/c1-4-8(2)18-13(3)11(9(5-14)6-15)10(7-16)12(17)19-13/h8H,4,17H2,1-3H3/t8-,13-/m1/s1. The number of nitriles is 3. The molecule has 19 heavy (non-hydrogen) atoms. The Labute approximate surface area is 111 Å². The van der Waals surface area contributed by atoms with Crippen LogP contribution >= 0.6 is 0 Å². The van der Waals surface area contributed by atoms with E-state index in [4.69, 9.17) is 31.0 Å². The first-order valence-corrected chi connectivity index (χ1v) is 5.75. The van der Waals surface area contributed by atoms with Crippen LogP contribution in [-0.2, 0) is 9.47 Å². The summed E-state index contributed by atoms with van der Waals surface area (Å²) in [6.45, 7) is 5.29. The number of allylic oxidation sites excluding steroid dienone is 1. The Kier molecular flexibility index (Phi) is 4.17. The van der Waals surface area contributed by atoms with E-state index in [0.29, 0.717) is 6.42 Å². The lowest BCUT2D eigenvalue weighted by Crippen LogP contribution is -2.35. The lowest BCUT2D eigenvalue weighted by Gasteiger charge is -2.29. The Morgan fingerprint density at radius 1 is 1.42 bits per heavy atom. The topological polar surface area (TPSA) is 116 Å². The van der Waals surface area contributed by atoms with Gasteiger partial charge in [0.2, 0.25) is 11.7 Å². The van der Waals surface area contributed by atoms with E-state index < -0.39 is 5.79 Å². The van der Waals surface area contributed by atoms with Crippen LogP contribution in [0.5, 0.6) is 0 Å². The number of nitrogens with two attached hydrogens (primary N) is 1. The first kappa shape index (κ1) is 14.6. The molecule has 0 bridgehead atoms. The van der Waals surface area contributed by atoms with Crippen LogP contribution in [0.1, 0.15) is 27.2 Å². The van der Waals surface area contributed by atoms with Gasteiger partial charge in [-0.05, 0) is 13.3 Å². The van der Waals surface area contributed by atoms with Crippen molar-refractivity contribution in [2.24, 2.45) is 5.73 Å². The van der Waals surface area contributed by atoms with E-state index in [1.54, 1.807) is 19.1 Å². The van der Waals surface area contributed by atoms with Crippen molar-refractivity contribution in [2.45, 2.75) is 39.1 Å². The van der Waals surface area contributed by atoms with E-state index in [1.165, 1.54) is 0 Å². The zero-order valence-corrected chi connectivity index (χ0v) is 11.0. The summed E-state index contributed by atoms with van der Waals surface area (Å²) in [6.07, 6.45) is 0.534. The SMILES string of the molecule is CC[C@@H](C)O[C@]1(C)OC(N)=C(C#N)C1=C(C#N)C#N. The molecule has 0 saturated heterocycles. The third kappa shape index (κ3) is 2.52. The van der Waals surface area contributed by atoms with E-state index in [0.717, 1.165) is 0 Å². The molecule has 0 spiro atoms. The van der Waals surface area contributed by atoms with Gasteiger partial charge in [0.25, 0.3) is 0 Å². The van der Waals surface area contributed by atoms with Gasteiger partial charge in [0.15, 0.2) is 0 Å². The molecule has 0 aromatic carbocycles. The van der Waals surface area contributed by atoms with Crippen molar-refractivity contribution in [1.29, 1.82) is 15.8 Å². The molecule has 0 amide bonds. The zero-order chi connectivity index (χ0) is 14.6. The Hall–Kier alpha value is -2.49. The van der Waals surface area contributed by atoms with E-state index in [-0.39, 0.29) is 28.7 Å². The summed E-state index contributed by atoms with van der Waals surface area (Å²) in [6, 6.07) is 5.33. The smallest absolute Gasteiger partial charge is 0.240 e.